The number of rotatable bonds is 3. The van der Waals surface area contributed by atoms with Crippen LogP contribution in [0.15, 0.2) is 54.9 Å². The molecule has 1 amide bonds. The molecule has 23 heavy (non-hydrogen) atoms. The van der Waals surface area contributed by atoms with Gasteiger partial charge in [0.05, 0.1) is 11.8 Å². The number of nitrogens with one attached hydrogen (secondary N) is 1. The lowest BCUT2D eigenvalue weighted by Gasteiger charge is -2.04. The number of aromatic nitrogens is 2. The van der Waals surface area contributed by atoms with Crippen LogP contribution in [0.5, 0.6) is 0 Å². The zero-order valence-electron chi connectivity index (χ0n) is 11.6. The molecule has 2 aromatic carbocycles. The second-order valence-electron chi connectivity index (χ2n) is 4.74. The third-order valence-electron chi connectivity index (χ3n) is 3.06. The average molecular weight is 317 g/mol. The molecule has 3 aromatic rings. The molecule has 7 heteroatoms. The van der Waals surface area contributed by atoms with Gasteiger partial charge in [0.2, 0.25) is 0 Å². The molecule has 0 spiro atoms. The number of amides is 1. The summed E-state index contributed by atoms with van der Waals surface area (Å²) < 4.78 is 41.1. The number of carbonyl (C=O) groups is 1. The first kappa shape index (κ1) is 14.8. The fourth-order valence-electron chi connectivity index (χ4n) is 2.04. The highest BCUT2D eigenvalue weighted by atomic mass is 19.1. The number of nitrogens with zero attached hydrogens (tertiary/aromatic N) is 2. The number of hydrogen-bond donors (Lipinski definition) is 1. The van der Waals surface area contributed by atoms with Crippen LogP contribution in [0.4, 0.5) is 18.9 Å². The summed E-state index contributed by atoms with van der Waals surface area (Å²) >= 11 is 0. The van der Waals surface area contributed by atoms with Gasteiger partial charge >= 0.3 is 0 Å². The van der Waals surface area contributed by atoms with Crippen molar-refractivity contribution in [3.63, 3.8) is 0 Å². The van der Waals surface area contributed by atoms with Gasteiger partial charge in [-0.1, -0.05) is 12.1 Å². The Morgan fingerprint density at radius 3 is 2.43 bits per heavy atom. The second-order valence-corrected chi connectivity index (χ2v) is 4.74. The minimum atomic E-state index is -0.803. The number of halogens is 3. The molecule has 0 bridgehead atoms. The van der Waals surface area contributed by atoms with E-state index in [1.807, 2.05) is 0 Å². The Kier molecular flexibility index (Phi) is 3.84. The minimum absolute atomic E-state index is 0.0221. The van der Waals surface area contributed by atoms with Crippen molar-refractivity contribution >= 4 is 11.6 Å². The first-order chi connectivity index (χ1) is 11.0. The van der Waals surface area contributed by atoms with E-state index < -0.39 is 23.4 Å². The highest BCUT2D eigenvalue weighted by Crippen LogP contribution is 2.16. The summed E-state index contributed by atoms with van der Waals surface area (Å²) in [7, 11) is 0. The molecule has 1 heterocycles. The van der Waals surface area contributed by atoms with Crippen LogP contribution in [-0.4, -0.2) is 15.7 Å². The van der Waals surface area contributed by atoms with Crippen LogP contribution in [-0.2, 0) is 0 Å². The summed E-state index contributed by atoms with van der Waals surface area (Å²) in [5, 5.41) is 6.27. The first-order valence-corrected chi connectivity index (χ1v) is 6.60. The third kappa shape index (κ3) is 3.23. The summed E-state index contributed by atoms with van der Waals surface area (Å²) in [4.78, 5) is 12.1. The van der Waals surface area contributed by atoms with Gasteiger partial charge in [-0.05, 0) is 24.3 Å². The van der Waals surface area contributed by atoms with Crippen molar-refractivity contribution in [2.75, 3.05) is 5.32 Å². The monoisotopic (exact) mass is 317 g/mol. The van der Waals surface area contributed by atoms with Crippen molar-refractivity contribution in [1.82, 2.24) is 9.78 Å². The van der Waals surface area contributed by atoms with Crippen molar-refractivity contribution in [3.05, 3.63) is 77.9 Å². The summed E-state index contributed by atoms with van der Waals surface area (Å²) in [6.07, 6.45) is 2.56. The van der Waals surface area contributed by atoms with E-state index in [4.69, 9.17) is 0 Å². The highest BCUT2D eigenvalue weighted by Gasteiger charge is 2.12. The maximum atomic E-state index is 13.7. The number of anilines is 1. The molecule has 0 aliphatic carbocycles. The Hall–Kier alpha value is -3.09. The zero-order chi connectivity index (χ0) is 16.4. The van der Waals surface area contributed by atoms with Gasteiger partial charge in [-0.25, -0.2) is 17.9 Å². The van der Waals surface area contributed by atoms with Crippen molar-refractivity contribution < 1.29 is 18.0 Å². The molecule has 1 aromatic heterocycles. The highest BCUT2D eigenvalue weighted by molar-refractivity contribution is 6.03. The van der Waals surface area contributed by atoms with Crippen LogP contribution < -0.4 is 5.32 Å². The van der Waals surface area contributed by atoms with Crippen LogP contribution in [0.1, 0.15) is 10.4 Å². The van der Waals surface area contributed by atoms with Crippen molar-refractivity contribution in [3.8, 4) is 5.69 Å². The van der Waals surface area contributed by atoms with E-state index in [1.165, 1.54) is 35.3 Å². The van der Waals surface area contributed by atoms with E-state index >= 15 is 0 Å². The summed E-state index contributed by atoms with van der Waals surface area (Å²) in [6.45, 7) is 0. The van der Waals surface area contributed by atoms with Crippen molar-refractivity contribution in [1.29, 1.82) is 0 Å². The van der Waals surface area contributed by atoms with E-state index in [0.717, 1.165) is 12.1 Å². The van der Waals surface area contributed by atoms with Gasteiger partial charge in [0.25, 0.3) is 5.91 Å². The maximum Gasteiger partial charge on any atom is 0.258 e. The fraction of sp³-hybridized carbons (Fsp3) is 0. The van der Waals surface area contributed by atoms with Crippen LogP contribution in [0, 0.1) is 17.5 Å². The predicted molar refractivity (Wildman–Crippen MR) is 77.8 cm³/mol. The second kappa shape index (κ2) is 5.96. The molecule has 1 N–H and O–H groups in total. The molecular weight excluding hydrogens is 307 g/mol. The van der Waals surface area contributed by atoms with E-state index in [1.54, 1.807) is 6.07 Å². The zero-order valence-corrected chi connectivity index (χ0v) is 11.6. The maximum absolute atomic E-state index is 13.7. The van der Waals surface area contributed by atoms with Gasteiger partial charge < -0.3 is 5.32 Å². The Morgan fingerprint density at radius 2 is 1.74 bits per heavy atom. The van der Waals surface area contributed by atoms with Crippen LogP contribution in [0.3, 0.4) is 0 Å². The lowest BCUT2D eigenvalue weighted by Crippen LogP contribution is -2.11. The number of para-hydroxylation sites is 1. The molecular formula is C16H10F3N3O. The predicted octanol–water partition coefficient (Wildman–Crippen LogP) is 3.54. The van der Waals surface area contributed by atoms with Crippen LogP contribution in [0.2, 0.25) is 0 Å². The topological polar surface area (TPSA) is 46.9 Å². The molecule has 4 nitrogen and oxygen atoms in total. The van der Waals surface area contributed by atoms with Gasteiger partial charge in [0.1, 0.15) is 23.1 Å². The van der Waals surface area contributed by atoms with Gasteiger partial charge in [0, 0.05) is 18.0 Å². The lowest BCUT2D eigenvalue weighted by atomic mass is 10.2. The molecule has 0 radical (unpaired) electrons. The third-order valence-corrected chi connectivity index (χ3v) is 3.06. The Balaban J connectivity index is 1.83. The molecule has 0 aliphatic heterocycles. The van der Waals surface area contributed by atoms with Gasteiger partial charge in [-0.2, -0.15) is 5.10 Å². The number of hydrogen-bond acceptors (Lipinski definition) is 2. The molecule has 0 atom stereocenters. The van der Waals surface area contributed by atoms with Crippen LogP contribution in [0.25, 0.3) is 5.69 Å². The smallest absolute Gasteiger partial charge is 0.258 e. The molecule has 0 unspecified atom stereocenters. The average Bonchev–Trinajstić information content (AvgIpc) is 2.96. The Bertz CT molecular complexity index is 856. The van der Waals surface area contributed by atoms with Gasteiger partial charge in [-0.15, -0.1) is 0 Å². The van der Waals surface area contributed by atoms with Crippen molar-refractivity contribution in [2.45, 2.75) is 0 Å². The Morgan fingerprint density at radius 1 is 1.04 bits per heavy atom. The summed E-state index contributed by atoms with van der Waals surface area (Å²) in [6, 6.07) is 8.62. The quantitative estimate of drug-likeness (QED) is 0.803. The van der Waals surface area contributed by atoms with E-state index in [0.29, 0.717) is 6.07 Å². The first-order valence-electron chi connectivity index (χ1n) is 6.60. The largest absolute Gasteiger partial charge is 0.322 e. The van der Waals surface area contributed by atoms with E-state index in [9.17, 15) is 18.0 Å². The minimum Gasteiger partial charge on any atom is -0.322 e. The molecule has 116 valence electrons. The standard InChI is InChI=1S/C16H10F3N3O/c17-11-5-12(18)7-13(6-11)21-16(23)10-8-20-22(9-10)15-4-2-1-3-14(15)19/h1-9H,(H,21,23). The lowest BCUT2D eigenvalue weighted by molar-refractivity contribution is 0.102. The summed E-state index contributed by atoms with van der Waals surface area (Å²) in [5.74, 6) is -2.71. The Labute approximate surface area is 129 Å². The summed E-state index contributed by atoms with van der Waals surface area (Å²) in [5.41, 5.74) is 0.285. The molecule has 0 fully saturated rings. The van der Waals surface area contributed by atoms with E-state index in [-0.39, 0.29) is 16.9 Å². The molecule has 0 aliphatic rings. The fourth-order valence-corrected chi connectivity index (χ4v) is 2.04. The number of benzene rings is 2. The molecule has 0 saturated carbocycles. The van der Waals surface area contributed by atoms with Crippen molar-refractivity contribution in [2.24, 2.45) is 0 Å². The van der Waals surface area contributed by atoms with Gasteiger partial charge in [-0.3, -0.25) is 4.79 Å². The van der Waals surface area contributed by atoms with Crippen LogP contribution >= 0.6 is 0 Å². The normalized spacial score (nSPS) is 10.6. The van der Waals surface area contributed by atoms with E-state index in [2.05, 4.69) is 10.4 Å². The van der Waals surface area contributed by atoms with Gasteiger partial charge in [0.15, 0.2) is 0 Å². The molecule has 3 rings (SSSR count). The SMILES string of the molecule is O=C(Nc1cc(F)cc(F)c1)c1cnn(-c2ccccc2F)c1. The molecule has 0 saturated heterocycles. The number of carbonyl (C=O) groups excluding carboxylic acids is 1.